The molecule has 0 aliphatic rings. The SMILES string of the molecule is c1ccc(-c2ccc(N(c3ccc(-c4ccccn4)cc3)c3ccc4c(c3)c3cc(-c5ccccc5)cc(-c5ccccc5)c3n4-c3ccccc3)cc2)cc1. The third-order valence-corrected chi connectivity index (χ3v) is 10.6. The van der Waals surface area contributed by atoms with Crippen LogP contribution in [-0.4, -0.2) is 9.55 Å². The molecule has 0 saturated heterocycles. The van der Waals surface area contributed by atoms with E-state index >= 15 is 0 Å². The molecule has 0 N–H and O–H groups in total. The Labute approximate surface area is 327 Å². The molecule has 0 fully saturated rings. The van der Waals surface area contributed by atoms with Crippen molar-refractivity contribution in [3.8, 4) is 50.3 Å². The van der Waals surface area contributed by atoms with Crippen LogP contribution in [0.15, 0.2) is 225 Å². The first-order valence-electron chi connectivity index (χ1n) is 19.0. The number of pyridine rings is 1. The Hall–Kier alpha value is -7.49. The normalized spacial score (nSPS) is 11.2. The zero-order valence-corrected chi connectivity index (χ0v) is 30.7. The van der Waals surface area contributed by atoms with Crippen LogP contribution in [0.4, 0.5) is 17.1 Å². The second kappa shape index (κ2) is 14.4. The highest BCUT2D eigenvalue weighted by Gasteiger charge is 2.21. The maximum atomic E-state index is 4.61. The molecule has 0 spiro atoms. The summed E-state index contributed by atoms with van der Waals surface area (Å²) in [5.41, 5.74) is 15.9. The monoisotopic (exact) mass is 715 g/mol. The highest BCUT2D eigenvalue weighted by molar-refractivity contribution is 6.16. The molecule has 0 aliphatic carbocycles. The first-order chi connectivity index (χ1) is 27.8. The Bertz CT molecular complexity index is 2820. The van der Waals surface area contributed by atoms with Crippen molar-refractivity contribution in [1.82, 2.24) is 9.55 Å². The van der Waals surface area contributed by atoms with Gasteiger partial charge in [-0.15, -0.1) is 0 Å². The maximum absolute atomic E-state index is 4.61. The summed E-state index contributed by atoms with van der Waals surface area (Å²) in [6.07, 6.45) is 1.84. The third-order valence-electron chi connectivity index (χ3n) is 10.6. The number of aromatic nitrogens is 2. The molecule has 0 atom stereocenters. The molecule has 10 rings (SSSR count). The molecule has 0 radical (unpaired) electrons. The van der Waals surface area contributed by atoms with E-state index in [1.54, 1.807) is 0 Å². The predicted molar refractivity (Wildman–Crippen MR) is 235 cm³/mol. The molecule has 0 aliphatic heterocycles. The Balaban J connectivity index is 1.22. The topological polar surface area (TPSA) is 21.1 Å². The first kappa shape index (κ1) is 33.1. The van der Waals surface area contributed by atoms with Crippen molar-refractivity contribution in [3.05, 3.63) is 225 Å². The lowest BCUT2D eigenvalue weighted by atomic mass is 9.95. The fourth-order valence-corrected chi connectivity index (χ4v) is 7.95. The quantitative estimate of drug-likeness (QED) is 0.156. The van der Waals surface area contributed by atoms with Gasteiger partial charge in [-0.2, -0.15) is 0 Å². The Morgan fingerprint density at radius 2 is 0.875 bits per heavy atom. The summed E-state index contributed by atoms with van der Waals surface area (Å²) < 4.78 is 2.44. The Morgan fingerprint density at radius 3 is 1.48 bits per heavy atom. The van der Waals surface area contributed by atoms with Crippen molar-refractivity contribution < 1.29 is 0 Å². The molecule has 0 saturated carbocycles. The van der Waals surface area contributed by atoms with Crippen LogP contribution in [0.25, 0.3) is 72.1 Å². The van der Waals surface area contributed by atoms with Crippen LogP contribution >= 0.6 is 0 Å². The van der Waals surface area contributed by atoms with E-state index < -0.39 is 0 Å². The van der Waals surface area contributed by atoms with E-state index in [-0.39, 0.29) is 0 Å². The predicted octanol–water partition coefficient (Wildman–Crippen LogP) is 14.3. The Kier molecular flexibility index (Phi) is 8.51. The lowest BCUT2D eigenvalue weighted by molar-refractivity contribution is 1.18. The van der Waals surface area contributed by atoms with Gasteiger partial charge in [0.15, 0.2) is 0 Å². The fraction of sp³-hybridized carbons (Fsp3) is 0. The molecule has 3 nitrogen and oxygen atoms in total. The average molecular weight is 716 g/mol. The zero-order chi connectivity index (χ0) is 37.3. The van der Waals surface area contributed by atoms with Crippen molar-refractivity contribution in [1.29, 1.82) is 0 Å². The van der Waals surface area contributed by atoms with Crippen LogP contribution < -0.4 is 4.90 Å². The van der Waals surface area contributed by atoms with Gasteiger partial charge in [-0.25, -0.2) is 0 Å². The summed E-state index contributed by atoms with van der Waals surface area (Å²) in [4.78, 5) is 6.97. The van der Waals surface area contributed by atoms with Gasteiger partial charge in [-0.1, -0.05) is 140 Å². The van der Waals surface area contributed by atoms with Crippen LogP contribution in [0, 0.1) is 0 Å². The molecular weight excluding hydrogens is 679 g/mol. The lowest BCUT2D eigenvalue weighted by Crippen LogP contribution is -2.10. The minimum absolute atomic E-state index is 0.955. The van der Waals surface area contributed by atoms with Gasteiger partial charge in [0.1, 0.15) is 0 Å². The number of hydrogen-bond acceptors (Lipinski definition) is 2. The molecule has 0 amide bonds. The number of fused-ring (bicyclic) bond motifs is 3. The number of rotatable bonds is 8. The first-order valence-corrected chi connectivity index (χ1v) is 19.0. The molecule has 2 aromatic heterocycles. The second-order valence-corrected chi connectivity index (χ2v) is 14.0. The van der Waals surface area contributed by atoms with Gasteiger partial charge < -0.3 is 9.47 Å². The molecule has 10 aromatic rings. The lowest BCUT2D eigenvalue weighted by Gasteiger charge is -2.26. The van der Waals surface area contributed by atoms with Crippen LogP contribution in [0.3, 0.4) is 0 Å². The van der Waals surface area contributed by atoms with Crippen LogP contribution in [0.2, 0.25) is 0 Å². The van der Waals surface area contributed by atoms with Gasteiger partial charge in [0.05, 0.1) is 16.7 Å². The summed E-state index contributed by atoms with van der Waals surface area (Å²) in [6, 6.07) is 78.1. The third kappa shape index (κ3) is 6.12. The minimum Gasteiger partial charge on any atom is -0.310 e. The van der Waals surface area contributed by atoms with Gasteiger partial charge in [-0.05, 0) is 107 Å². The molecule has 0 unspecified atom stereocenters. The van der Waals surface area contributed by atoms with Gasteiger partial charge in [0.25, 0.3) is 0 Å². The standard InChI is InChI=1S/C53H37N3/c1-5-15-38(16-6-1)40-24-28-45(29-25-40)55(46-30-26-42(27-31-46)51-23-13-14-34-54-51)47-32-33-52-49(37-47)50-36-43(39-17-7-2-8-18-39)35-48(41-19-9-3-10-20-41)53(50)56(52)44-21-11-4-12-22-44/h1-37H. The summed E-state index contributed by atoms with van der Waals surface area (Å²) in [7, 11) is 0. The molecule has 56 heavy (non-hydrogen) atoms. The summed E-state index contributed by atoms with van der Waals surface area (Å²) >= 11 is 0. The largest absolute Gasteiger partial charge is 0.310 e. The highest BCUT2D eigenvalue weighted by Crippen LogP contribution is 2.44. The van der Waals surface area contributed by atoms with E-state index in [0.717, 1.165) is 39.5 Å². The van der Waals surface area contributed by atoms with Crippen molar-refractivity contribution in [3.63, 3.8) is 0 Å². The smallest absolute Gasteiger partial charge is 0.0701 e. The van der Waals surface area contributed by atoms with E-state index in [4.69, 9.17) is 0 Å². The zero-order valence-electron chi connectivity index (χ0n) is 30.7. The number of anilines is 3. The van der Waals surface area contributed by atoms with Gasteiger partial charge >= 0.3 is 0 Å². The van der Waals surface area contributed by atoms with E-state index in [1.807, 2.05) is 18.3 Å². The number of nitrogens with zero attached hydrogens (tertiary/aromatic N) is 3. The van der Waals surface area contributed by atoms with Crippen molar-refractivity contribution in [2.24, 2.45) is 0 Å². The molecule has 3 heteroatoms. The van der Waals surface area contributed by atoms with E-state index in [9.17, 15) is 0 Å². The minimum atomic E-state index is 0.955. The summed E-state index contributed by atoms with van der Waals surface area (Å²) in [5.74, 6) is 0. The molecule has 2 heterocycles. The maximum Gasteiger partial charge on any atom is 0.0701 e. The molecule has 0 bridgehead atoms. The number of para-hydroxylation sites is 1. The van der Waals surface area contributed by atoms with Crippen molar-refractivity contribution >= 4 is 38.9 Å². The highest BCUT2D eigenvalue weighted by atomic mass is 15.1. The summed E-state index contributed by atoms with van der Waals surface area (Å²) in [5, 5.41) is 2.39. The van der Waals surface area contributed by atoms with Crippen LogP contribution in [0.1, 0.15) is 0 Å². The summed E-state index contributed by atoms with van der Waals surface area (Å²) in [6.45, 7) is 0. The second-order valence-electron chi connectivity index (χ2n) is 14.0. The van der Waals surface area contributed by atoms with E-state index in [1.165, 1.54) is 49.7 Å². The molecular formula is C53H37N3. The van der Waals surface area contributed by atoms with Crippen LogP contribution in [0.5, 0.6) is 0 Å². The van der Waals surface area contributed by atoms with Gasteiger partial charge in [0.2, 0.25) is 0 Å². The molecule has 8 aromatic carbocycles. The average Bonchev–Trinajstić information content (AvgIpc) is 3.62. The molecule has 264 valence electrons. The van der Waals surface area contributed by atoms with Crippen molar-refractivity contribution in [2.45, 2.75) is 0 Å². The van der Waals surface area contributed by atoms with Crippen LogP contribution in [-0.2, 0) is 0 Å². The van der Waals surface area contributed by atoms with Gasteiger partial charge in [0, 0.05) is 50.8 Å². The van der Waals surface area contributed by atoms with E-state index in [0.29, 0.717) is 0 Å². The Morgan fingerprint density at radius 1 is 0.357 bits per heavy atom. The van der Waals surface area contributed by atoms with Crippen molar-refractivity contribution in [2.75, 3.05) is 4.90 Å². The number of hydrogen-bond donors (Lipinski definition) is 0. The fourth-order valence-electron chi connectivity index (χ4n) is 7.95. The number of benzene rings is 8. The van der Waals surface area contributed by atoms with Gasteiger partial charge in [-0.3, -0.25) is 4.98 Å². The van der Waals surface area contributed by atoms with E-state index in [2.05, 4.69) is 221 Å².